The molecule has 0 atom stereocenters. The summed E-state index contributed by atoms with van der Waals surface area (Å²) < 4.78 is 39.1. The number of benzene rings is 3. The molecular weight excluding hydrogens is 478 g/mol. The summed E-state index contributed by atoms with van der Waals surface area (Å²) in [6.07, 6.45) is 0. The summed E-state index contributed by atoms with van der Waals surface area (Å²) in [7, 11) is -2.55. The summed E-state index contributed by atoms with van der Waals surface area (Å²) in [4.78, 5) is 15.4. The fourth-order valence-electron chi connectivity index (χ4n) is 4.05. The van der Waals surface area contributed by atoms with Gasteiger partial charge in [-0.05, 0) is 54.4 Å². The Labute approximate surface area is 212 Å². The molecule has 0 aliphatic carbocycles. The highest BCUT2D eigenvalue weighted by atomic mass is 32.2. The fourth-order valence-corrected chi connectivity index (χ4v) is 5.49. The van der Waals surface area contributed by atoms with E-state index >= 15 is 0 Å². The third kappa shape index (κ3) is 5.98. The lowest BCUT2D eigenvalue weighted by Gasteiger charge is -2.29. The normalized spacial score (nSPS) is 13.8. The molecule has 190 valence electrons. The van der Waals surface area contributed by atoms with Gasteiger partial charge in [-0.2, -0.15) is 0 Å². The van der Waals surface area contributed by atoms with Crippen LogP contribution in [0, 0.1) is 6.92 Å². The van der Waals surface area contributed by atoms with Crippen molar-refractivity contribution in [1.29, 1.82) is 0 Å². The number of nitrogens with one attached hydrogen (secondary N) is 1. The van der Waals surface area contributed by atoms with E-state index in [1.165, 1.54) is 19.2 Å². The fraction of sp³-hybridized carbons (Fsp3) is 0.296. The number of carbonyl (C=O) groups excluding carboxylic acids is 1. The second-order valence-corrected chi connectivity index (χ2v) is 10.4. The summed E-state index contributed by atoms with van der Waals surface area (Å²) in [5.41, 5.74) is 3.19. The van der Waals surface area contributed by atoms with Gasteiger partial charge < -0.3 is 19.7 Å². The number of morpholine rings is 1. The van der Waals surface area contributed by atoms with E-state index in [4.69, 9.17) is 9.47 Å². The second-order valence-electron chi connectivity index (χ2n) is 8.54. The van der Waals surface area contributed by atoms with Gasteiger partial charge in [0.25, 0.3) is 10.0 Å². The third-order valence-corrected chi connectivity index (χ3v) is 7.80. The van der Waals surface area contributed by atoms with Crippen LogP contribution >= 0.6 is 0 Å². The lowest BCUT2D eigenvalue weighted by molar-refractivity contribution is -0.119. The van der Waals surface area contributed by atoms with Crippen molar-refractivity contribution in [3.05, 3.63) is 83.9 Å². The smallest absolute Gasteiger partial charge is 0.264 e. The van der Waals surface area contributed by atoms with Crippen LogP contribution in [-0.4, -0.2) is 54.3 Å². The Morgan fingerprint density at radius 3 is 2.39 bits per heavy atom. The summed E-state index contributed by atoms with van der Waals surface area (Å²) in [6, 6.07) is 21.3. The molecule has 1 aliphatic heterocycles. The van der Waals surface area contributed by atoms with Gasteiger partial charge in [-0.1, -0.05) is 36.4 Å². The molecule has 1 aliphatic rings. The van der Waals surface area contributed by atoms with Crippen LogP contribution in [0.4, 0.5) is 11.4 Å². The molecule has 1 amide bonds. The van der Waals surface area contributed by atoms with Gasteiger partial charge in [0.15, 0.2) is 0 Å². The molecule has 0 aromatic heterocycles. The van der Waals surface area contributed by atoms with Crippen molar-refractivity contribution in [3.8, 4) is 5.75 Å². The molecule has 3 aromatic carbocycles. The van der Waals surface area contributed by atoms with Crippen LogP contribution in [0.2, 0.25) is 0 Å². The van der Waals surface area contributed by atoms with E-state index in [2.05, 4.69) is 10.2 Å². The van der Waals surface area contributed by atoms with Crippen LogP contribution in [-0.2, 0) is 26.1 Å². The van der Waals surface area contributed by atoms with Crippen LogP contribution < -0.4 is 19.3 Å². The van der Waals surface area contributed by atoms with E-state index in [9.17, 15) is 13.2 Å². The second kappa shape index (κ2) is 11.5. The Hall–Kier alpha value is -3.56. The van der Waals surface area contributed by atoms with Crippen molar-refractivity contribution in [2.24, 2.45) is 0 Å². The monoisotopic (exact) mass is 509 g/mol. The average molecular weight is 510 g/mol. The zero-order chi connectivity index (χ0) is 25.5. The molecule has 1 saturated heterocycles. The molecule has 9 heteroatoms. The molecule has 0 spiro atoms. The average Bonchev–Trinajstić information content (AvgIpc) is 2.91. The SMILES string of the molecule is COc1ccc(C)cc1N(CC(=O)NCc1ccc(N2CCOCC2)cc1)S(=O)(=O)c1ccccc1. The molecule has 1 N–H and O–H groups in total. The number of nitrogens with zero attached hydrogens (tertiary/aromatic N) is 2. The molecule has 8 nitrogen and oxygen atoms in total. The largest absolute Gasteiger partial charge is 0.495 e. The number of sulfonamides is 1. The minimum atomic E-state index is -4.02. The van der Waals surface area contributed by atoms with Crippen LogP contribution in [0.25, 0.3) is 0 Å². The summed E-state index contributed by atoms with van der Waals surface area (Å²) in [5.74, 6) is -0.0538. The van der Waals surface area contributed by atoms with Crippen molar-refractivity contribution in [3.63, 3.8) is 0 Å². The molecular formula is C27H31N3O5S. The van der Waals surface area contributed by atoms with Crippen LogP contribution in [0.3, 0.4) is 0 Å². The Kier molecular flexibility index (Phi) is 8.12. The predicted molar refractivity (Wildman–Crippen MR) is 140 cm³/mol. The summed E-state index contributed by atoms with van der Waals surface area (Å²) in [5, 5.41) is 2.85. The van der Waals surface area contributed by atoms with Crippen molar-refractivity contribution in [1.82, 2.24) is 5.32 Å². The van der Waals surface area contributed by atoms with E-state index in [0.29, 0.717) is 24.7 Å². The topological polar surface area (TPSA) is 88.2 Å². The number of hydrogen-bond acceptors (Lipinski definition) is 6. The maximum Gasteiger partial charge on any atom is 0.264 e. The number of hydrogen-bond donors (Lipinski definition) is 1. The number of carbonyl (C=O) groups is 1. The highest BCUT2D eigenvalue weighted by molar-refractivity contribution is 7.92. The van der Waals surface area contributed by atoms with Gasteiger partial charge in [0, 0.05) is 25.3 Å². The Morgan fingerprint density at radius 2 is 1.72 bits per heavy atom. The Bertz CT molecular complexity index is 1270. The molecule has 1 heterocycles. The summed E-state index contributed by atoms with van der Waals surface area (Å²) >= 11 is 0. The van der Waals surface area contributed by atoms with Crippen molar-refractivity contribution in [2.75, 3.05) is 49.2 Å². The third-order valence-electron chi connectivity index (χ3n) is 6.02. The van der Waals surface area contributed by atoms with Gasteiger partial charge in [0.2, 0.25) is 5.91 Å². The number of rotatable bonds is 9. The Balaban J connectivity index is 1.51. The summed E-state index contributed by atoms with van der Waals surface area (Å²) in [6.45, 7) is 4.89. The maximum absolute atomic E-state index is 13.6. The maximum atomic E-state index is 13.6. The van der Waals surface area contributed by atoms with Crippen molar-refractivity contribution < 1.29 is 22.7 Å². The van der Waals surface area contributed by atoms with E-state index in [1.54, 1.807) is 30.3 Å². The molecule has 0 unspecified atom stereocenters. The first-order chi connectivity index (χ1) is 17.4. The number of aryl methyl sites for hydroxylation is 1. The number of anilines is 2. The zero-order valence-corrected chi connectivity index (χ0v) is 21.3. The molecule has 0 radical (unpaired) electrons. The lowest BCUT2D eigenvalue weighted by atomic mass is 10.2. The minimum Gasteiger partial charge on any atom is -0.495 e. The molecule has 3 aromatic rings. The highest BCUT2D eigenvalue weighted by Crippen LogP contribution is 2.33. The number of methoxy groups -OCH3 is 1. The van der Waals surface area contributed by atoms with Gasteiger partial charge in [-0.15, -0.1) is 0 Å². The minimum absolute atomic E-state index is 0.0973. The van der Waals surface area contributed by atoms with Gasteiger partial charge >= 0.3 is 0 Å². The first-order valence-electron chi connectivity index (χ1n) is 11.8. The van der Waals surface area contributed by atoms with Gasteiger partial charge in [-0.3, -0.25) is 9.10 Å². The van der Waals surface area contributed by atoms with Gasteiger partial charge in [0.05, 0.1) is 30.9 Å². The first-order valence-corrected chi connectivity index (χ1v) is 13.2. The molecule has 0 bridgehead atoms. The van der Waals surface area contributed by atoms with Crippen molar-refractivity contribution in [2.45, 2.75) is 18.4 Å². The lowest BCUT2D eigenvalue weighted by Crippen LogP contribution is -2.41. The van der Waals surface area contributed by atoms with E-state index in [0.717, 1.165) is 34.2 Å². The zero-order valence-electron chi connectivity index (χ0n) is 20.5. The predicted octanol–water partition coefficient (Wildman–Crippen LogP) is 3.35. The molecule has 0 saturated carbocycles. The van der Waals surface area contributed by atoms with Gasteiger partial charge in [0.1, 0.15) is 12.3 Å². The van der Waals surface area contributed by atoms with Gasteiger partial charge in [-0.25, -0.2) is 8.42 Å². The van der Waals surface area contributed by atoms with E-state index in [-0.39, 0.29) is 18.0 Å². The standard InChI is InChI=1S/C27H31N3O5S/c1-21-8-13-26(34-2)25(18-21)30(36(32,33)24-6-4-3-5-7-24)20-27(31)28-19-22-9-11-23(12-10-22)29-14-16-35-17-15-29/h3-13,18H,14-17,19-20H2,1-2H3,(H,28,31). The van der Waals surface area contributed by atoms with E-state index in [1.807, 2.05) is 37.3 Å². The number of amides is 1. The van der Waals surface area contributed by atoms with Crippen LogP contribution in [0.1, 0.15) is 11.1 Å². The van der Waals surface area contributed by atoms with E-state index < -0.39 is 15.9 Å². The first kappa shape index (κ1) is 25.5. The highest BCUT2D eigenvalue weighted by Gasteiger charge is 2.29. The molecule has 4 rings (SSSR count). The molecule has 36 heavy (non-hydrogen) atoms. The Morgan fingerprint density at radius 1 is 1.03 bits per heavy atom. The van der Waals surface area contributed by atoms with Crippen LogP contribution in [0.15, 0.2) is 77.7 Å². The van der Waals surface area contributed by atoms with Crippen LogP contribution in [0.5, 0.6) is 5.75 Å². The van der Waals surface area contributed by atoms with Crippen molar-refractivity contribution >= 4 is 27.3 Å². The quantitative estimate of drug-likeness (QED) is 0.476. The molecule has 1 fully saturated rings. The number of ether oxygens (including phenoxy) is 2.